The molecule has 1 N–H and O–H groups in total. The fraction of sp³-hybridized carbons (Fsp3) is 0.240. The summed E-state index contributed by atoms with van der Waals surface area (Å²) < 4.78 is 42.8. The largest absolute Gasteiger partial charge is 0.485 e. The minimum Gasteiger partial charge on any atom is -0.485 e. The Kier molecular flexibility index (Phi) is 6.81. The number of hydrogen-bond donors (Lipinski definition) is 1. The van der Waals surface area contributed by atoms with Crippen LogP contribution in [-0.2, 0) is 11.3 Å². The van der Waals surface area contributed by atoms with Gasteiger partial charge in [-0.2, -0.15) is 0 Å². The van der Waals surface area contributed by atoms with Crippen LogP contribution in [0.3, 0.4) is 0 Å². The quantitative estimate of drug-likeness (QED) is 0.488. The van der Waals surface area contributed by atoms with Crippen LogP contribution in [0.4, 0.5) is 14.5 Å². The Morgan fingerprint density at radius 1 is 1.09 bits per heavy atom. The lowest BCUT2D eigenvalue weighted by atomic mass is 10.1. The molecule has 35 heavy (non-hydrogen) atoms. The Hall–Kier alpha value is -4.21. The molecular weight excluding hydrogens is 462 g/mol. The van der Waals surface area contributed by atoms with Gasteiger partial charge in [-0.25, -0.2) is 8.78 Å². The van der Waals surface area contributed by atoms with Gasteiger partial charge in [0, 0.05) is 17.7 Å². The summed E-state index contributed by atoms with van der Waals surface area (Å²) in [6, 6.07) is 10.6. The summed E-state index contributed by atoms with van der Waals surface area (Å²) >= 11 is 0. The van der Waals surface area contributed by atoms with Crippen LogP contribution in [0.2, 0.25) is 0 Å². The number of rotatable bonds is 8. The second kappa shape index (κ2) is 9.96. The van der Waals surface area contributed by atoms with Crippen molar-refractivity contribution in [2.75, 3.05) is 18.1 Å². The highest BCUT2D eigenvalue weighted by Gasteiger charge is 2.28. The number of amides is 2. The first-order valence-corrected chi connectivity index (χ1v) is 10.8. The molecule has 4 rings (SSSR count). The Morgan fingerprint density at radius 2 is 1.89 bits per heavy atom. The zero-order valence-corrected chi connectivity index (χ0v) is 19.0. The number of carbonyl (C=O) groups is 3. The van der Waals surface area contributed by atoms with Crippen LogP contribution in [0.1, 0.15) is 40.5 Å². The predicted octanol–water partition coefficient (Wildman–Crippen LogP) is 3.88. The number of ether oxygens (including phenoxy) is 2. The van der Waals surface area contributed by atoms with Gasteiger partial charge in [-0.15, -0.1) is 0 Å². The van der Waals surface area contributed by atoms with Crippen LogP contribution in [0.15, 0.2) is 52.9 Å². The second-order valence-corrected chi connectivity index (χ2v) is 8.13. The number of ketones is 1. The third kappa shape index (κ3) is 5.48. The van der Waals surface area contributed by atoms with E-state index in [-0.39, 0.29) is 48.1 Å². The number of halogens is 2. The fourth-order valence-electron chi connectivity index (χ4n) is 3.42. The minimum atomic E-state index is -1.09. The molecule has 0 unspecified atom stereocenters. The molecular formula is C25H22F2N2O6. The van der Waals surface area contributed by atoms with Gasteiger partial charge in [0.15, 0.2) is 36.4 Å². The van der Waals surface area contributed by atoms with E-state index in [2.05, 4.69) is 5.32 Å². The lowest BCUT2D eigenvalue weighted by Crippen LogP contribution is -2.38. The Morgan fingerprint density at radius 3 is 2.63 bits per heavy atom. The van der Waals surface area contributed by atoms with Crippen LogP contribution in [0.25, 0.3) is 0 Å². The summed E-state index contributed by atoms with van der Waals surface area (Å²) in [6.07, 6.45) is 0. The highest BCUT2D eigenvalue weighted by Crippen LogP contribution is 2.34. The standard InChI is InChI=1S/C25H22F2N2O6/c1-14(2)28-25(32)23-8-5-17(35-23)11-29-20-9-15(3-7-22(20)34-13-24(29)31)21(30)12-33-16-4-6-18(26)19(27)10-16/h3-10,14H,11-13H2,1-2H3,(H,28,32). The maximum absolute atomic E-state index is 13.4. The number of Topliss-reactive ketones (excluding diaryl/α,β-unsaturated/α-hetero) is 1. The number of fused-ring (bicyclic) bond motifs is 1. The molecule has 2 heterocycles. The number of furan rings is 1. The number of anilines is 1. The lowest BCUT2D eigenvalue weighted by molar-refractivity contribution is -0.121. The summed E-state index contributed by atoms with van der Waals surface area (Å²) in [5.41, 5.74) is 0.579. The molecule has 1 aliphatic heterocycles. The molecule has 0 saturated heterocycles. The van der Waals surface area contributed by atoms with E-state index in [1.807, 2.05) is 13.8 Å². The number of nitrogens with zero attached hydrogens (tertiary/aromatic N) is 1. The van der Waals surface area contributed by atoms with E-state index in [9.17, 15) is 23.2 Å². The summed E-state index contributed by atoms with van der Waals surface area (Å²) in [5.74, 6) is -2.38. The molecule has 1 aliphatic rings. The first-order valence-electron chi connectivity index (χ1n) is 10.8. The molecule has 0 atom stereocenters. The molecule has 3 aromatic rings. The molecule has 0 spiro atoms. The van der Waals surface area contributed by atoms with Gasteiger partial charge in [-0.05, 0) is 56.3 Å². The Labute approximate surface area is 199 Å². The van der Waals surface area contributed by atoms with Gasteiger partial charge in [0.1, 0.15) is 17.3 Å². The van der Waals surface area contributed by atoms with Crippen molar-refractivity contribution in [3.8, 4) is 11.5 Å². The van der Waals surface area contributed by atoms with Crippen molar-refractivity contribution in [3.63, 3.8) is 0 Å². The number of carbonyl (C=O) groups excluding carboxylic acids is 3. The van der Waals surface area contributed by atoms with Crippen LogP contribution in [0, 0.1) is 11.6 Å². The first kappa shape index (κ1) is 23.9. The van der Waals surface area contributed by atoms with Crippen LogP contribution in [0.5, 0.6) is 11.5 Å². The van der Waals surface area contributed by atoms with Crippen LogP contribution < -0.4 is 19.7 Å². The second-order valence-electron chi connectivity index (χ2n) is 8.13. The third-order valence-corrected chi connectivity index (χ3v) is 5.10. The smallest absolute Gasteiger partial charge is 0.287 e. The van der Waals surface area contributed by atoms with Crippen LogP contribution in [-0.4, -0.2) is 36.9 Å². The van der Waals surface area contributed by atoms with E-state index in [1.165, 1.54) is 29.2 Å². The Bertz CT molecular complexity index is 1290. The Balaban J connectivity index is 1.50. The number of hydrogen-bond acceptors (Lipinski definition) is 6. The topological polar surface area (TPSA) is 98.1 Å². The van der Waals surface area contributed by atoms with Crippen LogP contribution >= 0.6 is 0 Å². The van der Waals surface area contributed by atoms with Gasteiger partial charge in [0.25, 0.3) is 11.8 Å². The molecule has 2 amide bonds. The lowest BCUT2D eigenvalue weighted by Gasteiger charge is -2.29. The molecule has 10 heteroatoms. The van der Waals surface area contributed by atoms with Gasteiger partial charge in [-0.3, -0.25) is 19.3 Å². The molecule has 182 valence electrons. The number of benzene rings is 2. The molecule has 0 bridgehead atoms. The van der Waals surface area contributed by atoms with Crippen molar-refractivity contribution < 1.29 is 37.1 Å². The molecule has 0 fully saturated rings. The number of nitrogens with one attached hydrogen (secondary N) is 1. The van der Waals surface area contributed by atoms with Gasteiger partial charge in [0.05, 0.1) is 12.2 Å². The summed E-state index contributed by atoms with van der Waals surface area (Å²) in [6.45, 7) is 3.05. The maximum atomic E-state index is 13.4. The fourth-order valence-corrected chi connectivity index (χ4v) is 3.42. The van der Waals surface area contributed by atoms with Crippen molar-refractivity contribution in [2.45, 2.75) is 26.4 Å². The highest BCUT2D eigenvalue weighted by atomic mass is 19.2. The van der Waals surface area contributed by atoms with E-state index in [1.54, 1.807) is 12.1 Å². The van der Waals surface area contributed by atoms with E-state index in [0.717, 1.165) is 12.1 Å². The summed E-state index contributed by atoms with van der Waals surface area (Å²) in [4.78, 5) is 38.8. The van der Waals surface area contributed by atoms with Gasteiger partial charge in [-0.1, -0.05) is 0 Å². The first-order chi connectivity index (χ1) is 16.7. The van der Waals surface area contributed by atoms with E-state index < -0.39 is 24.0 Å². The molecule has 2 aromatic carbocycles. The molecule has 8 nitrogen and oxygen atoms in total. The van der Waals surface area contributed by atoms with E-state index in [4.69, 9.17) is 13.9 Å². The zero-order valence-electron chi connectivity index (χ0n) is 19.0. The normalized spacial score (nSPS) is 12.8. The third-order valence-electron chi connectivity index (χ3n) is 5.10. The van der Waals surface area contributed by atoms with Crippen molar-refractivity contribution in [1.82, 2.24) is 5.32 Å². The van der Waals surface area contributed by atoms with Crippen molar-refractivity contribution in [2.24, 2.45) is 0 Å². The van der Waals surface area contributed by atoms with Crippen molar-refractivity contribution in [3.05, 3.63) is 77.2 Å². The SMILES string of the molecule is CC(C)NC(=O)c1ccc(CN2C(=O)COc3ccc(C(=O)COc4ccc(F)c(F)c4)cc32)o1. The predicted molar refractivity (Wildman–Crippen MR) is 121 cm³/mol. The van der Waals surface area contributed by atoms with Crippen molar-refractivity contribution in [1.29, 1.82) is 0 Å². The van der Waals surface area contributed by atoms with Crippen molar-refractivity contribution >= 4 is 23.3 Å². The van der Waals surface area contributed by atoms with Gasteiger partial charge < -0.3 is 19.2 Å². The van der Waals surface area contributed by atoms with E-state index in [0.29, 0.717) is 17.2 Å². The molecule has 1 aromatic heterocycles. The monoisotopic (exact) mass is 484 g/mol. The average molecular weight is 484 g/mol. The molecule has 0 saturated carbocycles. The average Bonchev–Trinajstić information content (AvgIpc) is 3.30. The minimum absolute atomic E-state index is 0.00507. The van der Waals surface area contributed by atoms with E-state index >= 15 is 0 Å². The van der Waals surface area contributed by atoms with Gasteiger partial charge in [0.2, 0.25) is 0 Å². The summed E-state index contributed by atoms with van der Waals surface area (Å²) in [7, 11) is 0. The summed E-state index contributed by atoms with van der Waals surface area (Å²) in [5, 5.41) is 2.73. The zero-order chi connectivity index (χ0) is 25.1. The maximum Gasteiger partial charge on any atom is 0.287 e. The van der Waals surface area contributed by atoms with Gasteiger partial charge >= 0.3 is 0 Å². The molecule has 0 aliphatic carbocycles. The highest BCUT2D eigenvalue weighted by molar-refractivity contribution is 6.02. The molecule has 0 radical (unpaired) electrons.